The van der Waals surface area contributed by atoms with Gasteiger partial charge < -0.3 is 28.4 Å². The van der Waals surface area contributed by atoms with Crippen LogP contribution in [0.25, 0.3) is 0 Å². The van der Waals surface area contributed by atoms with E-state index in [0.29, 0.717) is 34.5 Å². The molecule has 1 fully saturated rings. The van der Waals surface area contributed by atoms with Crippen LogP contribution in [0.5, 0.6) is 34.5 Å². The van der Waals surface area contributed by atoms with E-state index in [9.17, 15) is 0 Å². The molecule has 1 saturated carbocycles. The summed E-state index contributed by atoms with van der Waals surface area (Å²) in [6, 6.07) is 8.14. The van der Waals surface area contributed by atoms with E-state index in [2.05, 4.69) is 0 Å². The van der Waals surface area contributed by atoms with Crippen LogP contribution in [0.4, 0.5) is 0 Å². The van der Waals surface area contributed by atoms with Gasteiger partial charge in [-0.15, -0.1) is 0 Å². The summed E-state index contributed by atoms with van der Waals surface area (Å²) < 4.78 is 32.5. The van der Waals surface area contributed by atoms with Crippen LogP contribution >= 0.6 is 0 Å². The minimum atomic E-state index is 0.270. The monoisotopic (exact) mass is 470 g/mol. The van der Waals surface area contributed by atoms with Crippen molar-refractivity contribution in [2.45, 2.75) is 37.8 Å². The molecule has 1 aliphatic rings. The number of ether oxygens (including phenoxy) is 6. The van der Waals surface area contributed by atoms with Gasteiger partial charge in [-0.1, -0.05) is 0 Å². The van der Waals surface area contributed by atoms with Crippen molar-refractivity contribution in [3.8, 4) is 34.5 Å². The highest BCUT2D eigenvalue weighted by molar-refractivity contribution is 5.83. The Bertz CT molecular complexity index is 881. The number of methoxy groups -OCH3 is 6. The average molecular weight is 471 g/mol. The lowest BCUT2D eigenvalue weighted by atomic mass is 9.92. The molecular formula is C26H34N2O6. The van der Waals surface area contributed by atoms with Crippen molar-refractivity contribution >= 4 is 12.4 Å². The Labute approximate surface area is 201 Å². The van der Waals surface area contributed by atoms with Crippen LogP contribution in [0.15, 0.2) is 34.3 Å². The Morgan fingerprint density at radius 1 is 0.529 bits per heavy atom. The maximum Gasteiger partial charge on any atom is 0.203 e. The van der Waals surface area contributed by atoms with Crippen LogP contribution in [-0.4, -0.2) is 67.2 Å². The van der Waals surface area contributed by atoms with Gasteiger partial charge in [0.15, 0.2) is 23.0 Å². The molecule has 184 valence electrons. The molecule has 0 heterocycles. The molecule has 2 aromatic carbocycles. The molecule has 0 bridgehead atoms. The third-order valence-corrected chi connectivity index (χ3v) is 5.91. The zero-order chi connectivity index (χ0) is 24.5. The van der Waals surface area contributed by atoms with Crippen LogP contribution in [0.3, 0.4) is 0 Å². The van der Waals surface area contributed by atoms with E-state index in [0.717, 1.165) is 36.8 Å². The van der Waals surface area contributed by atoms with Gasteiger partial charge in [-0.25, -0.2) is 0 Å². The number of rotatable bonds is 10. The largest absolute Gasteiger partial charge is 0.493 e. The van der Waals surface area contributed by atoms with E-state index in [1.165, 1.54) is 0 Å². The van der Waals surface area contributed by atoms with E-state index in [1.807, 2.05) is 36.7 Å². The summed E-state index contributed by atoms with van der Waals surface area (Å²) in [5.74, 6) is 3.63. The fourth-order valence-electron chi connectivity index (χ4n) is 4.09. The number of hydrogen-bond acceptors (Lipinski definition) is 8. The summed E-state index contributed by atoms with van der Waals surface area (Å²) in [4.78, 5) is 9.60. The normalized spacial score (nSPS) is 18.2. The molecule has 8 nitrogen and oxygen atoms in total. The summed E-state index contributed by atoms with van der Waals surface area (Å²) in [5.41, 5.74) is 1.83. The van der Waals surface area contributed by atoms with E-state index >= 15 is 0 Å². The molecule has 0 radical (unpaired) electrons. The van der Waals surface area contributed by atoms with Gasteiger partial charge in [-0.2, -0.15) is 0 Å². The van der Waals surface area contributed by atoms with Gasteiger partial charge in [-0.05, 0) is 61.1 Å². The van der Waals surface area contributed by atoms with Gasteiger partial charge >= 0.3 is 0 Å². The predicted molar refractivity (Wildman–Crippen MR) is 133 cm³/mol. The molecule has 0 aromatic heterocycles. The molecule has 0 amide bonds. The molecule has 8 heteroatoms. The third-order valence-electron chi connectivity index (χ3n) is 5.91. The molecular weight excluding hydrogens is 436 g/mol. The van der Waals surface area contributed by atoms with Gasteiger partial charge in [0.2, 0.25) is 11.5 Å². The molecule has 2 aromatic rings. The van der Waals surface area contributed by atoms with Gasteiger partial charge in [0, 0.05) is 12.4 Å². The number of aliphatic imine (C=N–C) groups is 2. The van der Waals surface area contributed by atoms with Gasteiger partial charge in [0.1, 0.15) is 0 Å². The minimum Gasteiger partial charge on any atom is -0.493 e. The third kappa shape index (κ3) is 5.92. The van der Waals surface area contributed by atoms with Crippen LogP contribution < -0.4 is 28.4 Å². The summed E-state index contributed by atoms with van der Waals surface area (Å²) in [7, 11) is 9.62. The first-order chi connectivity index (χ1) is 16.6. The lowest BCUT2D eigenvalue weighted by molar-refractivity contribution is 0.324. The Balaban J connectivity index is 1.62. The molecule has 0 N–H and O–H groups in total. The lowest BCUT2D eigenvalue weighted by Crippen LogP contribution is -2.20. The van der Waals surface area contributed by atoms with Crippen molar-refractivity contribution in [3.63, 3.8) is 0 Å². The molecule has 34 heavy (non-hydrogen) atoms. The first-order valence-corrected chi connectivity index (χ1v) is 11.2. The fourth-order valence-corrected chi connectivity index (χ4v) is 4.09. The van der Waals surface area contributed by atoms with Gasteiger partial charge in [0.05, 0.1) is 54.7 Å². The fraction of sp³-hybridized carbons (Fsp3) is 0.462. The Morgan fingerprint density at radius 2 is 0.824 bits per heavy atom. The topological polar surface area (TPSA) is 80.1 Å². The Hall–Kier alpha value is -3.42. The predicted octanol–water partition coefficient (Wildman–Crippen LogP) is 4.59. The number of nitrogens with zero attached hydrogens (tertiary/aromatic N) is 2. The Morgan fingerprint density at radius 3 is 1.06 bits per heavy atom. The highest BCUT2D eigenvalue weighted by Crippen LogP contribution is 2.39. The van der Waals surface area contributed by atoms with E-state index < -0.39 is 0 Å². The zero-order valence-electron chi connectivity index (χ0n) is 20.8. The second kappa shape index (κ2) is 12.2. The summed E-state index contributed by atoms with van der Waals surface area (Å²) in [5, 5.41) is 0. The first kappa shape index (κ1) is 25.2. The van der Waals surface area contributed by atoms with Gasteiger partial charge in [0.25, 0.3) is 0 Å². The van der Waals surface area contributed by atoms with Crippen molar-refractivity contribution in [3.05, 3.63) is 35.4 Å². The number of benzene rings is 2. The number of hydrogen-bond donors (Lipinski definition) is 0. The van der Waals surface area contributed by atoms with Crippen LogP contribution in [0, 0.1) is 0 Å². The van der Waals surface area contributed by atoms with Crippen molar-refractivity contribution in [2.24, 2.45) is 9.98 Å². The molecule has 0 saturated heterocycles. The summed E-state index contributed by atoms with van der Waals surface area (Å²) in [6.07, 6.45) is 7.70. The van der Waals surface area contributed by atoms with Crippen molar-refractivity contribution in [1.29, 1.82) is 0 Å². The van der Waals surface area contributed by atoms with Gasteiger partial charge in [-0.3, -0.25) is 9.98 Å². The second-order valence-electron chi connectivity index (χ2n) is 7.94. The zero-order valence-corrected chi connectivity index (χ0v) is 20.8. The maximum atomic E-state index is 5.43. The minimum absolute atomic E-state index is 0.270. The Kier molecular flexibility index (Phi) is 9.01. The van der Waals surface area contributed by atoms with E-state index in [4.69, 9.17) is 38.4 Å². The summed E-state index contributed by atoms with van der Waals surface area (Å²) >= 11 is 0. The van der Waals surface area contributed by atoms with E-state index in [1.54, 1.807) is 42.7 Å². The van der Waals surface area contributed by atoms with Crippen LogP contribution in [0.2, 0.25) is 0 Å². The highest BCUT2D eigenvalue weighted by Gasteiger charge is 2.20. The van der Waals surface area contributed by atoms with Crippen molar-refractivity contribution < 1.29 is 28.4 Å². The molecule has 1 aliphatic carbocycles. The van der Waals surface area contributed by atoms with Crippen LogP contribution in [0.1, 0.15) is 36.8 Å². The van der Waals surface area contributed by atoms with E-state index in [-0.39, 0.29) is 12.1 Å². The van der Waals surface area contributed by atoms with Crippen molar-refractivity contribution in [1.82, 2.24) is 0 Å². The molecule has 3 rings (SSSR count). The quantitative estimate of drug-likeness (QED) is 0.473. The lowest BCUT2D eigenvalue weighted by Gasteiger charge is -2.23. The average Bonchev–Trinajstić information content (AvgIpc) is 2.89. The second-order valence-corrected chi connectivity index (χ2v) is 7.94. The molecule has 0 unspecified atom stereocenters. The maximum absolute atomic E-state index is 5.43. The van der Waals surface area contributed by atoms with Crippen LogP contribution in [-0.2, 0) is 0 Å². The highest BCUT2D eigenvalue weighted by atomic mass is 16.5. The molecule has 0 atom stereocenters. The SMILES string of the molecule is COc1cc(C=NC2CCC(N=Cc3cc(OC)c(OC)c(OC)c3)CC2)cc(OC)c1OC. The smallest absolute Gasteiger partial charge is 0.203 e. The summed E-state index contributed by atoms with van der Waals surface area (Å²) in [6.45, 7) is 0. The standard InChI is InChI=1S/C26H34N2O6/c1-29-21-11-17(12-22(30-2)25(21)33-5)15-27-19-7-9-20(10-8-19)28-16-18-13-23(31-3)26(34-6)24(14-18)32-4/h11-16,19-20H,7-10H2,1-6H3. The first-order valence-electron chi connectivity index (χ1n) is 11.2. The molecule has 0 aliphatic heterocycles. The molecule has 0 spiro atoms. The van der Waals surface area contributed by atoms with Crippen molar-refractivity contribution in [2.75, 3.05) is 42.7 Å².